The quantitative estimate of drug-likeness (QED) is 0.871. The van der Waals surface area contributed by atoms with Gasteiger partial charge in [-0.25, -0.2) is 23.1 Å². The second-order valence-corrected chi connectivity index (χ2v) is 8.02. The molecule has 0 atom stereocenters. The van der Waals surface area contributed by atoms with Gasteiger partial charge in [-0.05, 0) is 13.3 Å². The van der Waals surface area contributed by atoms with Crippen molar-refractivity contribution in [3.8, 4) is 0 Å². The van der Waals surface area contributed by atoms with Crippen LogP contribution in [0.1, 0.15) is 22.5 Å². The van der Waals surface area contributed by atoms with Crippen LogP contribution in [-0.4, -0.2) is 18.4 Å². The van der Waals surface area contributed by atoms with Gasteiger partial charge in [0.2, 0.25) is 0 Å². The van der Waals surface area contributed by atoms with E-state index in [0.717, 1.165) is 27.6 Å². The van der Waals surface area contributed by atoms with Gasteiger partial charge in [0.05, 0.1) is 12.2 Å². The van der Waals surface area contributed by atoms with Gasteiger partial charge in [0.15, 0.2) is 9.34 Å². The maximum Gasteiger partial charge on any atom is 0.252 e. The second-order valence-electron chi connectivity index (χ2n) is 3.82. The second kappa shape index (κ2) is 5.53. The molecule has 0 radical (unpaired) electrons. The molecule has 2 rings (SSSR count). The van der Waals surface area contributed by atoms with Gasteiger partial charge in [-0.3, -0.25) is 0 Å². The fourth-order valence-electron chi connectivity index (χ4n) is 1.47. The first-order valence-corrected chi connectivity index (χ1v) is 8.70. The molecule has 0 aliphatic heterocycles. The molecule has 2 aromatic rings. The average Bonchev–Trinajstić information content (AvgIpc) is 2.93. The van der Waals surface area contributed by atoms with Crippen LogP contribution in [0.3, 0.4) is 0 Å². The van der Waals surface area contributed by atoms with Crippen molar-refractivity contribution >= 4 is 37.8 Å². The summed E-state index contributed by atoms with van der Waals surface area (Å²) < 4.78 is 26.9. The summed E-state index contributed by atoms with van der Waals surface area (Å²) in [6.07, 6.45) is 2.67. The van der Waals surface area contributed by atoms with E-state index in [0.29, 0.717) is 5.69 Å². The number of nitrogens with one attached hydrogen (secondary N) is 1. The van der Waals surface area contributed by atoms with Crippen LogP contribution >= 0.6 is 22.7 Å². The maximum absolute atomic E-state index is 12.1. The standard InChI is InChI=1S/C10H14N4O2S3/c1-3-7-4-12-8(17-7)5-13-19(15,16)9-6(2)14-10(11)18-9/h4,13H,3,5H2,1-2H3,(H2,11,14). The van der Waals surface area contributed by atoms with E-state index in [9.17, 15) is 8.42 Å². The number of hydrogen-bond donors (Lipinski definition) is 2. The Morgan fingerprint density at radius 1 is 1.42 bits per heavy atom. The molecule has 0 aliphatic carbocycles. The van der Waals surface area contributed by atoms with E-state index >= 15 is 0 Å². The van der Waals surface area contributed by atoms with Gasteiger partial charge in [0.1, 0.15) is 5.01 Å². The lowest BCUT2D eigenvalue weighted by molar-refractivity contribution is 0.582. The SMILES string of the molecule is CCc1cnc(CNS(=O)(=O)c2sc(N)nc2C)s1. The number of thiazole rings is 2. The Kier molecular flexibility index (Phi) is 4.19. The molecule has 0 fully saturated rings. The van der Waals surface area contributed by atoms with Crippen LogP contribution in [-0.2, 0) is 23.0 Å². The summed E-state index contributed by atoms with van der Waals surface area (Å²) in [5.74, 6) is 0. The van der Waals surface area contributed by atoms with Gasteiger partial charge in [-0.1, -0.05) is 18.3 Å². The molecule has 2 heterocycles. The monoisotopic (exact) mass is 318 g/mol. The molecule has 0 amide bonds. The molecule has 0 spiro atoms. The van der Waals surface area contributed by atoms with E-state index in [-0.39, 0.29) is 15.9 Å². The van der Waals surface area contributed by atoms with Gasteiger partial charge in [0, 0.05) is 11.1 Å². The molecular formula is C10H14N4O2S3. The molecule has 0 bridgehead atoms. The minimum Gasteiger partial charge on any atom is -0.375 e. The van der Waals surface area contributed by atoms with Gasteiger partial charge in [-0.2, -0.15) is 0 Å². The fourth-order valence-corrected chi connectivity index (χ4v) is 4.69. The molecule has 19 heavy (non-hydrogen) atoms. The largest absolute Gasteiger partial charge is 0.375 e. The van der Waals surface area contributed by atoms with E-state index in [2.05, 4.69) is 14.7 Å². The van der Waals surface area contributed by atoms with Crippen molar-refractivity contribution in [2.45, 2.75) is 31.0 Å². The zero-order chi connectivity index (χ0) is 14.0. The van der Waals surface area contributed by atoms with E-state index in [4.69, 9.17) is 5.73 Å². The van der Waals surface area contributed by atoms with Crippen molar-refractivity contribution < 1.29 is 8.42 Å². The number of hydrogen-bond acceptors (Lipinski definition) is 7. The maximum atomic E-state index is 12.1. The smallest absolute Gasteiger partial charge is 0.252 e. The van der Waals surface area contributed by atoms with Crippen LogP contribution < -0.4 is 10.5 Å². The van der Waals surface area contributed by atoms with E-state index in [1.807, 2.05) is 6.92 Å². The highest BCUT2D eigenvalue weighted by atomic mass is 32.2. The Bertz CT molecular complexity index is 675. The number of rotatable bonds is 5. The van der Waals surface area contributed by atoms with Crippen molar-refractivity contribution in [2.24, 2.45) is 0 Å². The number of nitrogens with zero attached hydrogens (tertiary/aromatic N) is 2. The highest BCUT2D eigenvalue weighted by Crippen LogP contribution is 2.25. The lowest BCUT2D eigenvalue weighted by Gasteiger charge is -2.02. The summed E-state index contributed by atoms with van der Waals surface area (Å²) in [7, 11) is -3.57. The average molecular weight is 318 g/mol. The summed E-state index contributed by atoms with van der Waals surface area (Å²) in [6.45, 7) is 3.84. The molecule has 6 nitrogen and oxygen atoms in total. The predicted molar refractivity (Wildman–Crippen MR) is 76.8 cm³/mol. The molecule has 104 valence electrons. The molecule has 0 aromatic carbocycles. The Morgan fingerprint density at radius 3 is 2.68 bits per heavy atom. The summed E-state index contributed by atoms with van der Waals surface area (Å²) in [5.41, 5.74) is 5.93. The molecule has 0 saturated carbocycles. The van der Waals surface area contributed by atoms with E-state index in [1.54, 1.807) is 13.1 Å². The lowest BCUT2D eigenvalue weighted by atomic mass is 10.4. The minimum absolute atomic E-state index is 0.164. The Labute approximate surface area is 119 Å². The first kappa shape index (κ1) is 14.4. The van der Waals surface area contributed by atoms with Crippen LogP contribution in [0.4, 0.5) is 5.13 Å². The van der Waals surface area contributed by atoms with Gasteiger partial charge in [0.25, 0.3) is 10.0 Å². The normalized spacial score (nSPS) is 11.9. The number of anilines is 1. The Morgan fingerprint density at radius 2 is 2.16 bits per heavy atom. The van der Waals surface area contributed by atoms with Crippen LogP contribution in [0.5, 0.6) is 0 Å². The summed E-state index contributed by atoms with van der Waals surface area (Å²) >= 11 is 2.47. The number of nitrogen functional groups attached to an aromatic ring is 1. The number of nitrogens with two attached hydrogens (primary N) is 1. The van der Waals surface area contributed by atoms with Crippen molar-refractivity contribution in [3.05, 3.63) is 21.8 Å². The molecule has 2 aromatic heterocycles. The van der Waals surface area contributed by atoms with Gasteiger partial charge < -0.3 is 5.73 Å². The number of aromatic nitrogens is 2. The van der Waals surface area contributed by atoms with Gasteiger partial charge >= 0.3 is 0 Å². The molecule has 9 heteroatoms. The third-order valence-electron chi connectivity index (χ3n) is 2.38. The summed E-state index contributed by atoms with van der Waals surface area (Å²) in [4.78, 5) is 9.21. The molecule has 0 saturated heterocycles. The molecule has 3 N–H and O–H groups in total. The highest BCUT2D eigenvalue weighted by molar-refractivity contribution is 7.91. The topological polar surface area (TPSA) is 98.0 Å². The molecule has 0 aliphatic rings. The van der Waals surface area contributed by atoms with Crippen LogP contribution in [0, 0.1) is 6.92 Å². The fraction of sp³-hybridized carbons (Fsp3) is 0.400. The van der Waals surface area contributed by atoms with Crippen LogP contribution in [0.15, 0.2) is 10.4 Å². The molecular weight excluding hydrogens is 304 g/mol. The Hall–Kier alpha value is -1.03. The van der Waals surface area contributed by atoms with Crippen molar-refractivity contribution in [2.75, 3.05) is 5.73 Å². The number of aryl methyl sites for hydroxylation is 2. The third-order valence-corrected chi connectivity index (χ3v) is 6.52. The van der Waals surface area contributed by atoms with Crippen molar-refractivity contribution in [1.82, 2.24) is 14.7 Å². The van der Waals surface area contributed by atoms with Crippen LogP contribution in [0.25, 0.3) is 0 Å². The summed E-state index contributed by atoms with van der Waals surface area (Å²) in [6, 6.07) is 0. The lowest BCUT2D eigenvalue weighted by Crippen LogP contribution is -2.23. The number of sulfonamides is 1. The van der Waals surface area contributed by atoms with E-state index in [1.165, 1.54) is 11.3 Å². The summed E-state index contributed by atoms with van der Waals surface area (Å²) in [5, 5.41) is 0.996. The van der Waals surface area contributed by atoms with E-state index < -0.39 is 10.0 Å². The third kappa shape index (κ3) is 3.30. The minimum atomic E-state index is -3.57. The van der Waals surface area contributed by atoms with Crippen LogP contribution in [0.2, 0.25) is 0 Å². The first-order chi connectivity index (χ1) is 8.92. The first-order valence-electron chi connectivity index (χ1n) is 5.58. The Balaban J connectivity index is 2.11. The predicted octanol–water partition coefficient (Wildman–Crippen LogP) is 1.53. The zero-order valence-electron chi connectivity index (χ0n) is 10.5. The van der Waals surface area contributed by atoms with Crippen molar-refractivity contribution in [1.29, 1.82) is 0 Å². The zero-order valence-corrected chi connectivity index (χ0v) is 13.0. The van der Waals surface area contributed by atoms with Gasteiger partial charge in [-0.15, -0.1) is 11.3 Å². The molecule has 0 unspecified atom stereocenters. The van der Waals surface area contributed by atoms with Crippen molar-refractivity contribution in [3.63, 3.8) is 0 Å². The highest BCUT2D eigenvalue weighted by Gasteiger charge is 2.21.